The molecule has 4 heteroatoms. The normalized spacial score (nSPS) is 19.3. The number of pyridine rings is 1. The molecule has 1 aliphatic heterocycles. The Morgan fingerprint density at radius 2 is 2.00 bits per heavy atom. The minimum atomic E-state index is -0.106. The first-order chi connectivity index (χ1) is 7.79. The van der Waals surface area contributed by atoms with Gasteiger partial charge in [-0.1, -0.05) is 0 Å². The molecule has 0 saturated carbocycles. The zero-order chi connectivity index (χ0) is 11.4. The van der Waals surface area contributed by atoms with Crippen LogP contribution in [0, 0.1) is 0 Å². The lowest BCUT2D eigenvalue weighted by molar-refractivity contribution is -0.122. The monoisotopic (exact) mass is 219 g/mol. The highest BCUT2D eigenvalue weighted by Crippen LogP contribution is 2.21. The number of ketones is 1. The number of Topliss-reactive ketones (excluding diaryl/α,β-unsaturated/α-hetero) is 1. The van der Waals surface area contributed by atoms with Crippen LogP contribution < -0.4 is 5.32 Å². The topological polar surface area (TPSA) is 45.2 Å². The van der Waals surface area contributed by atoms with E-state index in [1.807, 2.05) is 12.1 Å². The molecule has 0 radical (unpaired) electrons. The average molecular weight is 219 g/mol. The van der Waals surface area contributed by atoms with Gasteiger partial charge in [0.05, 0.1) is 6.04 Å². The van der Waals surface area contributed by atoms with Crippen molar-refractivity contribution < 1.29 is 4.79 Å². The number of hydrogen-bond donors (Lipinski definition) is 1. The van der Waals surface area contributed by atoms with Gasteiger partial charge in [0.25, 0.3) is 0 Å². The number of rotatable bonds is 3. The van der Waals surface area contributed by atoms with Gasteiger partial charge in [-0.15, -0.1) is 0 Å². The van der Waals surface area contributed by atoms with Crippen molar-refractivity contribution in [2.24, 2.45) is 0 Å². The Kier molecular flexibility index (Phi) is 3.64. The highest BCUT2D eigenvalue weighted by Gasteiger charge is 2.25. The molecule has 0 spiro atoms. The number of aromatic nitrogens is 1. The van der Waals surface area contributed by atoms with Gasteiger partial charge in [0.2, 0.25) is 0 Å². The van der Waals surface area contributed by atoms with Crippen molar-refractivity contribution in [3.63, 3.8) is 0 Å². The molecule has 2 rings (SSSR count). The predicted molar refractivity (Wildman–Crippen MR) is 62.1 cm³/mol. The van der Waals surface area contributed by atoms with E-state index >= 15 is 0 Å². The second kappa shape index (κ2) is 5.18. The van der Waals surface area contributed by atoms with E-state index in [4.69, 9.17) is 0 Å². The summed E-state index contributed by atoms with van der Waals surface area (Å²) in [6.07, 6.45) is 3.49. The van der Waals surface area contributed by atoms with E-state index in [2.05, 4.69) is 15.2 Å². The summed E-state index contributed by atoms with van der Waals surface area (Å²) in [6.45, 7) is 5.41. The third kappa shape index (κ3) is 2.46. The van der Waals surface area contributed by atoms with Crippen LogP contribution in [0.1, 0.15) is 18.5 Å². The first-order valence-corrected chi connectivity index (χ1v) is 5.64. The lowest BCUT2D eigenvalue weighted by Crippen LogP contribution is -2.46. The van der Waals surface area contributed by atoms with Crippen molar-refractivity contribution in [2.45, 2.75) is 13.0 Å². The van der Waals surface area contributed by atoms with E-state index in [9.17, 15) is 4.79 Å². The van der Waals surface area contributed by atoms with Crippen LogP contribution in [0.3, 0.4) is 0 Å². The summed E-state index contributed by atoms with van der Waals surface area (Å²) < 4.78 is 0. The zero-order valence-electron chi connectivity index (χ0n) is 9.52. The third-order valence-electron chi connectivity index (χ3n) is 2.92. The van der Waals surface area contributed by atoms with Gasteiger partial charge in [0.15, 0.2) is 5.78 Å². The van der Waals surface area contributed by atoms with Gasteiger partial charge in [0.1, 0.15) is 0 Å². The molecule has 1 fully saturated rings. The van der Waals surface area contributed by atoms with E-state index in [0.29, 0.717) is 0 Å². The summed E-state index contributed by atoms with van der Waals surface area (Å²) >= 11 is 0. The van der Waals surface area contributed by atoms with Crippen molar-refractivity contribution in [1.29, 1.82) is 0 Å². The van der Waals surface area contributed by atoms with Gasteiger partial charge < -0.3 is 5.32 Å². The molecule has 16 heavy (non-hydrogen) atoms. The highest BCUT2D eigenvalue weighted by atomic mass is 16.1. The van der Waals surface area contributed by atoms with E-state index < -0.39 is 0 Å². The van der Waals surface area contributed by atoms with E-state index in [0.717, 1.165) is 31.7 Å². The summed E-state index contributed by atoms with van der Waals surface area (Å²) in [4.78, 5) is 18.0. The summed E-state index contributed by atoms with van der Waals surface area (Å²) in [5.41, 5.74) is 1.05. The fourth-order valence-corrected chi connectivity index (χ4v) is 2.19. The van der Waals surface area contributed by atoms with Crippen LogP contribution in [0.4, 0.5) is 0 Å². The lowest BCUT2D eigenvalue weighted by Gasteiger charge is -2.33. The van der Waals surface area contributed by atoms with Crippen LogP contribution in [0.2, 0.25) is 0 Å². The molecule has 4 nitrogen and oxygen atoms in total. The summed E-state index contributed by atoms with van der Waals surface area (Å²) in [5.74, 6) is 0.202. The predicted octanol–water partition coefficient (Wildman–Crippen LogP) is 0.617. The molecule has 0 aromatic carbocycles. The third-order valence-corrected chi connectivity index (χ3v) is 2.92. The van der Waals surface area contributed by atoms with Crippen LogP contribution in [0.25, 0.3) is 0 Å². The molecule has 2 heterocycles. The van der Waals surface area contributed by atoms with E-state index in [1.54, 1.807) is 19.3 Å². The quantitative estimate of drug-likeness (QED) is 0.809. The Hall–Kier alpha value is -1.26. The molecule has 1 atom stereocenters. The van der Waals surface area contributed by atoms with Gasteiger partial charge in [0, 0.05) is 38.6 Å². The Morgan fingerprint density at radius 3 is 2.56 bits per heavy atom. The molecule has 0 aliphatic carbocycles. The van der Waals surface area contributed by atoms with Crippen molar-refractivity contribution in [2.75, 3.05) is 26.2 Å². The van der Waals surface area contributed by atoms with Gasteiger partial charge in [-0.3, -0.25) is 14.7 Å². The molecule has 1 aliphatic rings. The Bertz CT molecular complexity index is 347. The van der Waals surface area contributed by atoms with Gasteiger partial charge in [-0.05, 0) is 24.6 Å². The van der Waals surface area contributed by atoms with Gasteiger partial charge >= 0.3 is 0 Å². The Morgan fingerprint density at radius 1 is 1.38 bits per heavy atom. The van der Waals surface area contributed by atoms with Crippen molar-refractivity contribution in [1.82, 2.24) is 15.2 Å². The fraction of sp³-hybridized carbons (Fsp3) is 0.500. The first kappa shape index (κ1) is 11.2. The molecule has 1 N–H and O–H groups in total. The van der Waals surface area contributed by atoms with Gasteiger partial charge in [-0.25, -0.2) is 0 Å². The van der Waals surface area contributed by atoms with Crippen LogP contribution in [0.5, 0.6) is 0 Å². The number of piperazine rings is 1. The second-order valence-corrected chi connectivity index (χ2v) is 4.08. The van der Waals surface area contributed by atoms with Crippen LogP contribution >= 0.6 is 0 Å². The summed E-state index contributed by atoms with van der Waals surface area (Å²) in [5, 5.41) is 3.29. The number of nitrogens with zero attached hydrogens (tertiary/aromatic N) is 2. The number of carbonyl (C=O) groups is 1. The van der Waals surface area contributed by atoms with Crippen LogP contribution in [0.15, 0.2) is 24.5 Å². The van der Waals surface area contributed by atoms with Crippen LogP contribution in [-0.4, -0.2) is 41.8 Å². The molecular formula is C12H17N3O. The smallest absolute Gasteiger partial charge is 0.151 e. The minimum Gasteiger partial charge on any atom is -0.314 e. The summed E-state index contributed by atoms with van der Waals surface area (Å²) in [6, 6.07) is 3.74. The Labute approximate surface area is 95.7 Å². The minimum absolute atomic E-state index is 0.106. The molecular weight excluding hydrogens is 202 g/mol. The molecule has 0 bridgehead atoms. The molecule has 0 amide bonds. The van der Waals surface area contributed by atoms with E-state index in [-0.39, 0.29) is 11.8 Å². The Balaban J connectivity index is 2.20. The molecule has 1 aromatic rings. The molecule has 1 unspecified atom stereocenters. The lowest BCUT2D eigenvalue weighted by atomic mass is 10.0. The highest BCUT2D eigenvalue weighted by molar-refractivity contribution is 5.82. The molecule has 86 valence electrons. The molecule has 1 aromatic heterocycles. The second-order valence-electron chi connectivity index (χ2n) is 4.08. The maximum absolute atomic E-state index is 11.8. The number of hydrogen-bond acceptors (Lipinski definition) is 4. The van der Waals surface area contributed by atoms with Crippen molar-refractivity contribution in [3.8, 4) is 0 Å². The maximum atomic E-state index is 11.8. The SMILES string of the molecule is CC(=O)C(c1ccncc1)N1CCNCC1. The average Bonchev–Trinajstić information content (AvgIpc) is 2.31. The standard InChI is InChI=1S/C12H17N3O/c1-10(16)12(11-2-4-13-5-3-11)15-8-6-14-7-9-15/h2-5,12,14H,6-9H2,1H3. The largest absolute Gasteiger partial charge is 0.314 e. The van der Waals surface area contributed by atoms with Crippen LogP contribution in [-0.2, 0) is 4.79 Å². The maximum Gasteiger partial charge on any atom is 0.151 e. The van der Waals surface area contributed by atoms with Crippen molar-refractivity contribution >= 4 is 5.78 Å². The van der Waals surface area contributed by atoms with E-state index in [1.165, 1.54) is 0 Å². The zero-order valence-corrected chi connectivity index (χ0v) is 9.52. The number of carbonyl (C=O) groups excluding carboxylic acids is 1. The summed E-state index contributed by atoms with van der Waals surface area (Å²) in [7, 11) is 0. The van der Waals surface area contributed by atoms with Gasteiger partial charge in [-0.2, -0.15) is 0 Å². The number of nitrogens with one attached hydrogen (secondary N) is 1. The fourth-order valence-electron chi connectivity index (χ4n) is 2.19. The molecule has 1 saturated heterocycles. The first-order valence-electron chi connectivity index (χ1n) is 5.64. The van der Waals surface area contributed by atoms with Crippen molar-refractivity contribution in [3.05, 3.63) is 30.1 Å².